The molecule has 0 atom stereocenters. The molecule has 0 saturated carbocycles. The maximum absolute atomic E-state index is 12.0. The molecule has 0 radical (unpaired) electrons. The van der Waals surface area contributed by atoms with E-state index in [1.165, 1.54) is 0 Å². The summed E-state index contributed by atoms with van der Waals surface area (Å²) in [7, 11) is 0. The Bertz CT molecular complexity index is 752. The summed E-state index contributed by atoms with van der Waals surface area (Å²) < 4.78 is 10.9. The van der Waals surface area contributed by atoms with Crippen molar-refractivity contribution in [2.45, 2.75) is 27.2 Å². The highest BCUT2D eigenvalue weighted by Crippen LogP contribution is 2.19. The summed E-state index contributed by atoms with van der Waals surface area (Å²) in [6.45, 7) is 6.28. The minimum absolute atomic E-state index is 0.111. The predicted octanol–water partition coefficient (Wildman–Crippen LogP) is 3.23. The molecule has 0 saturated heterocycles. The number of anilines is 1. The van der Waals surface area contributed by atoms with Crippen LogP contribution >= 0.6 is 0 Å². The lowest BCUT2D eigenvalue weighted by Gasteiger charge is -2.12. The molecule has 0 aliphatic heterocycles. The summed E-state index contributed by atoms with van der Waals surface area (Å²) in [6, 6.07) is 12.8. The number of nitrogens with one attached hydrogen (secondary N) is 2. The first kappa shape index (κ1) is 20.3. The van der Waals surface area contributed by atoms with Gasteiger partial charge in [-0.15, -0.1) is 0 Å². The van der Waals surface area contributed by atoms with E-state index in [9.17, 15) is 9.59 Å². The van der Waals surface area contributed by atoms with Gasteiger partial charge in [-0.25, -0.2) is 0 Å². The Morgan fingerprint density at radius 2 is 1.48 bits per heavy atom. The Hall–Kier alpha value is -3.02. The fourth-order valence-electron chi connectivity index (χ4n) is 2.43. The van der Waals surface area contributed by atoms with Crippen LogP contribution in [-0.2, 0) is 9.59 Å². The highest BCUT2D eigenvalue weighted by molar-refractivity contribution is 5.95. The zero-order valence-electron chi connectivity index (χ0n) is 16.0. The van der Waals surface area contributed by atoms with E-state index >= 15 is 0 Å². The second kappa shape index (κ2) is 10.2. The first-order valence-corrected chi connectivity index (χ1v) is 8.98. The van der Waals surface area contributed by atoms with Crippen LogP contribution in [0.5, 0.6) is 11.5 Å². The van der Waals surface area contributed by atoms with Gasteiger partial charge in [0.2, 0.25) is 5.91 Å². The number of hydrogen-bond acceptors (Lipinski definition) is 4. The second-order valence-corrected chi connectivity index (χ2v) is 6.20. The number of carbonyl (C=O) groups is 2. The van der Waals surface area contributed by atoms with Crippen LogP contribution in [0.25, 0.3) is 0 Å². The minimum atomic E-state index is -0.363. The molecule has 0 aromatic heterocycles. The molecule has 0 aliphatic rings. The average Bonchev–Trinajstić information content (AvgIpc) is 2.67. The van der Waals surface area contributed by atoms with Gasteiger partial charge < -0.3 is 20.1 Å². The molecule has 0 aliphatic carbocycles. The van der Waals surface area contributed by atoms with Gasteiger partial charge in [-0.3, -0.25) is 9.59 Å². The second-order valence-electron chi connectivity index (χ2n) is 6.20. The van der Waals surface area contributed by atoms with E-state index in [4.69, 9.17) is 9.47 Å². The molecule has 6 nitrogen and oxygen atoms in total. The van der Waals surface area contributed by atoms with Gasteiger partial charge in [-0.2, -0.15) is 0 Å². The van der Waals surface area contributed by atoms with Gasteiger partial charge in [0.25, 0.3) is 5.91 Å². The van der Waals surface area contributed by atoms with E-state index in [1.54, 1.807) is 24.3 Å². The molecule has 27 heavy (non-hydrogen) atoms. The number of aryl methyl sites for hydroxylation is 2. The summed E-state index contributed by atoms with van der Waals surface area (Å²) in [5, 5.41) is 5.37. The van der Waals surface area contributed by atoms with Gasteiger partial charge in [0.1, 0.15) is 11.5 Å². The third-order valence-electron chi connectivity index (χ3n) is 3.86. The summed E-state index contributed by atoms with van der Waals surface area (Å²) in [6.07, 6.45) is 0.940. The molecule has 0 fully saturated rings. The van der Waals surface area contributed by atoms with E-state index in [1.807, 2.05) is 39.0 Å². The van der Waals surface area contributed by atoms with Gasteiger partial charge >= 0.3 is 0 Å². The lowest BCUT2D eigenvalue weighted by atomic mass is 10.1. The van der Waals surface area contributed by atoms with Crippen molar-refractivity contribution in [2.75, 3.05) is 25.1 Å². The summed E-state index contributed by atoms with van der Waals surface area (Å²) in [5.74, 6) is 0.682. The van der Waals surface area contributed by atoms with Gasteiger partial charge in [0, 0.05) is 5.69 Å². The van der Waals surface area contributed by atoms with E-state index in [2.05, 4.69) is 10.6 Å². The number of benzene rings is 2. The lowest BCUT2D eigenvalue weighted by molar-refractivity contribution is -0.125. The molecular weight excluding hydrogens is 344 g/mol. The third-order valence-corrected chi connectivity index (χ3v) is 3.86. The van der Waals surface area contributed by atoms with Crippen molar-refractivity contribution in [1.82, 2.24) is 5.32 Å². The topological polar surface area (TPSA) is 76.7 Å². The molecular formula is C21H26N2O4. The van der Waals surface area contributed by atoms with Crippen molar-refractivity contribution >= 4 is 17.5 Å². The monoisotopic (exact) mass is 370 g/mol. The highest BCUT2D eigenvalue weighted by atomic mass is 16.5. The summed E-state index contributed by atoms with van der Waals surface area (Å²) >= 11 is 0. The predicted molar refractivity (Wildman–Crippen MR) is 105 cm³/mol. The largest absolute Gasteiger partial charge is 0.494 e. The fraction of sp³-hybridized carbons (Fsp3) is 0.333. The molecule has 144 valence electrons. The van der Waals surface area contributed by atoms with E-state index in [-0.39, 0.29) is 25.0 Å². The van der Waals surface area contributed by atoms with Crippen molar-refractivity contribution in [2.24, 2.45) is 0 Å². The number of rotatable bonds is 9. The average molecular weight is 370 g/mol. The van der Waals surface area contributed by atoms with E-state index in [0.29, 0.717) is 12.4 Å². The number of ether oxygens (including phenoxy) is 2. The maximum Gasteiger partial charge on any atom is 0.258 e. The molecule has 2 N–H and O–H groups in total. The Labute approximate surface area is 159 Å². The van der Waals surface area contributed by atoms with Crippen LogP contribution in [0.4, 0.5) is 5.69 Å². The van der Waals surface area contributed by atoms with Gasteiger partial charge in [-0.1, -0.05) is 25.1 Å². The van der Waals surface area contributed by atoms with Crippen LogP contribution in [0.1, 0.15) is 24.5 Å². The molecule has 2 aromatic rings. The van der Waals surface area contributed by atoms with Crippen molar-refractivity contribution in [3.63, 3.8) is 0 Å². The first-order valence-electron chi connectivity index (χ1n) is 8.98. The molecule has 2 rings (SSSR count). The Kier molecular flexibility index (Phi) is 7.67. The molecule has 0 heterocycles. The number of hydrogen-bond donors (Lipinski definition) is 2. The van der Waals surface area contributed by atoms with E-state index < -0.39 is 0 Å². The van der Waals surface area contributed by atoms with Crippen molar-refractivity contribution in [3.05, 3.63) is 53.6 Å². The lowest BCUT2D eigenvalue weighted by Crippen LogP contribution is -2.36. The van der Waals surface area contributed by atoms with Crippen LogP contribution in [0, 0.1) is 13.8 Å². The van der Waals surface area contributed by atoms with Gasteiger partial charge in [0.05, 0.1) is 13.2 Å². The van der Waals surface area contributed by atoms with Crippen molar-refractivity contribution in [3.8, 4) is 11.5 Å². The Morgan fingerprint density at radius 1 is 0.889 bits per heavy atom. The van der Waals surface area contributed by atoms with Crippen LogP contribution in [0.2, 0.25) is 0 Å². The van der Waals surface area contributed by atoms with Crippen LogP contribution in [-0.4, -0.2) is 31.6 Å². The maximum atomic E-state index is 12.0. The SMILES string of the molecule is CCCOc1ccc(OCC(=O)NCC(=O)Nc2c(C)cccc2C)cc1. The number of para-hydroxylation sites is 1. The number of amides is 2. The highest BCUT2D eigenvalue weighted by Gasteiger charge is 2.09. The molecule has 6 heteroatoms. The van der Waals surface area contributed by atoms with Crippen LogP contribution in [0.3, 0.4) is 0 Å². The molecule has 0 spiro atoms. The fourth-order valence-corrected chi connectivity index (χ4v) is 2.43. The summed E-state index contributed by atoms with van der Waals surface area (Å²) in [4.78, 5) is 23.9. The minimum Gasteiger partial charge on any atom is -0.494 e. The zero-order chi connectivity index (χ0) is 19.6. The standard InChI is InChI=1S/C21H26N2O4/c1-4-12-26-17-8-10-18(11-9-17)27-14-20(25)22-13-19(24)23-21-15(2)6-5-7-16(21)3/h5-11H,4,12-14H2,1-3H3,(H,22,25)(H,23,24). The Morgan fingerprint density at radius 3 is 2.07 bits per heavy atom. The van der Waals surface area contributed by atoms with Crippen molar-refractivity contribution < 1.29 is 19.1 Å². The molecule has 2 amide bonds. The molecule has 0 bridgehead atoms. The van der Waals surface area contributed by atoms with Crippen molar-refractivity contribution in [1.29, 1.82) is 0 Å². The normalized spacial score (nSPS) is 10.2. The molecule has 2 aromatic carbocycles. The first-order chi connectivity index (χ1) is 13.0. The van der Waals surface area contributed by atoms with Crippen LogP contribution in [0.15, 0.2) is 42.5 Å². The third kappa shape index (κ3) is 6.66. The quantitative estimate of drug-likeness (QED) is 0.711. The summed E-state index contributed by atoms with van der Waals surface area (Å²) in [5.41, 5.74) is 2.73. The number of carbonyl (C=O) groups excluding carboxylic acids is 2. The molecule has 0 unspecified atom stereocenters. The zero-order valence-corrected chi connectivity index (χ0v) is 16.0. The van der Waals surface area contributed by atoms with Gasteiger partial charge in [0.15, 0.2) is 6.61 Å². The smallest absolute Gasteiger partial charge is 0.258 e. The van der Waals surface area contributed by atoms with Crippen LogP contribution < -0.4 is 20.1 Å². The Balaban J connectivity index is 1.73. The van der Waals surface area contributed by atoms with Gasteiger partial charge in [-0.05, 0) is 55.7 Å². The van der Waals surface area contributed by atoms with E-state index in [0.717, 1.165) is 29.0 Å².